The molecule has 0 bridgehead atoms. The fraction of sp³-hybridized carbons (Fsp3) is 0.526. The smallest absolute Gasteiger partial charge is 0.338 e. The lowest BCUT2D eigenvalue weighted by Crippen LogP contribution is -2.38. The molecule has 1 N–H and O–H groups in total. The Morgan fingerprint density at radius 2 is 1.72 bits per heavy atom. The van der Waals surface area contributed by atoms with Gasteiger partial charge in [0.15, 0.2) is 6.61 Å². The fourth-order valence-electron chi connectivity index (χ4n) is 2.74. The normalized spacial score (nSPS) is 15.6. The first-order valence-corrected chi connectivity index (χ1v) is 10.8. The van der Waals surface area contributed by atoms with Crippen molar-refractivity contribution in [2.45, 2.75) is 24.7 Å². The van der Waals surface area contributed by atoms with Gasteiger partial charge in [0.2, 0.25) is 15.9 Å². The van der Waals surface area contributed by atoms with Gasteiger partial charge in [0.1, 0.15) is 0 Å². The molecule has 0 spiro atoms. The molecule has 160 valence electrons. The number of hydrogen-bond acceptors (Lipinski definition) is 6. The number of benzene rings is 1. The van der Waals surface area contributed by atoms with Gasteiger partial charge in [0.05, 0.1) is 17.0 Å². The van der Waals surface area contributed by atoms with Crippen LogP contribution in [0.3, 0.4) is 0 Å². The molecule has 1 aromatic rings. The summed E-state index contributed by atoms with van der Waals surface area (Å²) in [5, 5.41) is 2.35. The second kappa shape index (κ2) is 9.84. The van der Waals surface area contributed by atoms with Crippen molar-refractivity contribution in [2.24, 2.45) is 5.92 Å². The monoisotopic (exact) mass is 425 g/mol. The first kappa shape index (κ1) is 22.8. The van der Waals surface area contributed by atoms with Crippen molar-refractivity contribution in [3.8, 4) is 0 Å². The number of carbonyl (C=O) groups excluding carboxylic acids is 3. The van der Waals surface area contributed by atoms with Gasteiger partial charge in [-0.25, -0.2) is 13.2 Å². The topological polar surface area (TPSA) is 113 Å². The molecule has 10 heteroatoms. The van der Waals surface area contributed by atoms with E-state index in [9.17, 15) is 22.8 Å². The summed E-state index contributed by atoms with van der Waals surface area (Å²) >= 11 is 0. The van der Waals surface area contributed by atoms with E-state index in [4.69, 9.17) is 4.74 Å². The largest absolute Gasteiger partial charge is 0.452 e. The molecule has 1 fully saturated rings. The maximum Gasteiger partial charge on any atom is 0.338 e. The van der Waals surface area contributed by atoms with Crippen LogP contribution in [-0.4, -0.2) is 75.7 Å². The van der Waals surface area contributed by atoms with Crippen LogP contribution in [0.15, 0.2) is 29.2 Å². The molecule has 0 unspecified atom stereocenters. The second-order valence-corrected chi connectivity index (χ2v) is 9.19. The molecule has 1 aliphatic rings. The molecule has 1 heterocycles. The van der Waals surface area contributed by atoms with E-state index < -0.39 is 28.5 Å². The van der Waals surface area contributed by atoms with E-state index in [0.717, 1.165) is 12.8 Å². The highest BCUT2D eigenvalue weighted by molar-refractivity contribution is 7.89. The van der Waals surface area contributed by atoms with Gasteiger partial charge in [-0.05, 0) is 43.0 Å². The van der Waals surface area contributed by atoms with E-state index in [0.29, 0.717) is 19.0 Å². The molecule has 0 atom stereocenters. The van der Waals surface area contributed by atoms with Crippen LogP contribution in [0.1, 0.15) is 30.1 Å². The summed E-state index contributed by atoms with van der Waals surface area (Å²) < 4.78 is 31.7. The maximum absolute atomic E-state index is 12.7. The molecule has 0 aliphatic carbocycles. The Kier molecular flexibility index (Phi) is 7.74. The number of amides is 2. The number of nitrogens with one attached hydrogen (secondary N) is 1. The number of nitrogens with zero attached hydrogens (tertiary/aromatic N) is 2. The van der Waals surface area contributed by atoms with Gasteiger partial charge in [-0.2, -0.15) is 4.31 Å². The first-order chi connectivity index (χ1) is 13.6. The summed E-state index contributed by atoms with van der Waals surface area (Å²) in [6, 6.07) is 5.43. The quantitative estimate of drug-likeness (QED) is 0.636. The Morgan fingerprint density at radius 3 is 2.28 bits per heavy atom. The zero-order valence-corrected chi connectivity index (χ0v) is 17.7. The number of sulfonamides is 1. The van der Waals surface area contributed by atoms with Crippen LogP contribution in [0.25, 0.3) is 0 Å². The first-order valence-electron chi connectivity index (χ1n) is 9.35. The van der Waals surface area contributed by atoms with Crippen LogP contribution in [-0.2, 0) is 24.3 Å². The number of esters is 1. The lowest BCUT2D eigenvalue weighted by molar-refractivity contribution is -0.131. The summed E-state index contributed by atoms with van der Waals surface area (Å²) in [7, 11) is -0.476. The molecule has 0 radical (unpaired) electrons. The van der Waals surface area contributed by atoms with Crippen LogP contribution in [0, 0.1) is 5.92 Å². The number of piperidine rings is 1. The highest BCUT2D eigenvalue weighted by atomic mass is 32.2. The number of hydrogen-bond donors (Lipinski definition) is 1. The highest BCUT2D eigenvalue weighted by Gasteiger charge is 2.28. The molecule has 1 saturated heterocycles. The number of rotatable bonds is 7. The minimum Gasteiger partial charge on any atom is -0.452 e. The summed E-state index contributed by atoms with van der Waals surface area (Å²) in [5.74, 6) is -1.14. The van der Waals surface area contributed by atoms with E-state index in [1.165, 1.54) is 33.5 Å². The van der Waals surface area contributed by atoms with Gasteiger partial charge < -0.3 is 15.0 Å². The van der Waals surface area contributed by atoms with Gasteiger partial charge >= 0.3 is 5.97 Å². The van der Waals surface area contributed by atoms with Crippen LogP contribution >= 0.6 is 0 Å². The maximum atomic E-state index is 12.7. The zero-order valence-electron chi connectivity index (χ0n) is 16.9. The van der Waals surface area contributed by atoms with Gasteiger partial charge in [0.25, 0.3) is 5.91 Å². The molecular weight excluding hydrogens is 398 g/mol. The van der Waals surface area contributed by atoms with Crippen molar-refractivity contribution in [1.29, 1.82) is 0 Å². The van der Waals surface area contributed by atoms with Crippen LogP contribution in [0.4, 0.5) is 0 Å². The van der Waals surface area contributed by atoms with E-state index in [1.54, 1.807) is 14.1 Å². The standard InChI is InChI=1S/C19H27N3O6S/c1-14-8-10-22(11-9-14)29(26,27)16-6-4-15(5-7-16)19(25)28-13-17(23)20-12-18(24)21(2)3/h4-7,14H,8-13H2,1-3H3,(H,20,23). The Labute approximate surface area is 171 Å². The molecule has 1 aliphatic heterocycles. The Bertz CT molecular complexity index is 843. The summed E-state index contributed by atoms with van der Waals surface area (Å²) in [4.78, 5) is 36.5. The van der Waals surface area contributed by atoms with Gasteiger partial charge in [-0.1, -0.05) is 6.92 Å². The zero-order chi connectivity index (χ0) is 21.6. The summed E-state index contributed by atoms with van der Waals surface area (Å²) in [6.45, 7) is 2.35. The van der Waals surface area contributed by atoms with Crippen molar-refractivity contribution in [1.82, 2.24) is 14.5 Å². The SMILES string of the molecule is CC1CCN(S(=O)(=O)c2ccc(C(=O)OCC(=O)NCC(=O)N(C)C)cc2)CC1. The van der Waals surface area contributed by atoms with Crippen molar-refractivity contribution in [2.75, 3.05) is 40.3 Å². The average molecular weight is 426 g/mol. The van der Waals surface area contributed by atoms with Crippen molar-refractivity contribution in [3.63, 3.8) is 0 Å². The minimum absolute atomic E-state index is 0.114. The highest BCUT2D eigenvalue weighted by Crippen LogP contribution is 2.23. The summed E-state index contributed by atoms with van der Waals surface area (Å²) in [5.41, 5.74) is 0.133. The van der Waals surface area contributed by atoms with Gasteiger partial charge in [-0.3, -0.25) is 9.59 Å². The third-order valence-electron chi connectivity index (χ3n) is 4.74. The van der Waals surface area contributed by atoms with E-state index in [2.05, 4.69) is 12.2 Å². The predicted molar refractivity (Wildman–Crippen MR) is 106 cm³/mol. The Morgan fingerprint density at radius 1 is 1.14 bits per heavy atom. The fourth-order valence-corrected chi connectivity index (χ4v) is 4.20. The van der Waals surface area contributed by atoms with Crippen molar-refractivity contribution < 1.29 is 27.5 Å². The lowest BCUT2D eigenvalue weighted by Gasteiger charge is -2.29. The molecule has 0 saturated carbocycles. The molecule has 29 heavy (non-hydrogen) atoms. The van der Waals surface area contributed by atoms with Crippen LogP contribution in [0.5, 0.6) is 0 Å². The average Bonchev–Trinajstić information content (AvgIpc) is 2.70. The molecule has 9 nitrogen and oxygen atoms in total. The number of carbonyl (C=O) groups is 3. The van der Waals surface area contributed by atoms with E-state index in [-0.39, 0.29) is 22.9 Å². The number of ether oxygens (including phenoxy) is 1. The van der Waals surface area contributed by atoms with Gasteiger partial charge in [0, 0.05) is 27.2 Å². The molecule has 2 amide bonds. The third-order valence-corrected chi connectivity index (χ3v) is 6.65. The van der Waals surface area contributed by atoms with E-state index >= 15 is 0 Å². The Hall–Kier alpha value is -2.46. The lowest BCUT2D eigenvalue weighted by atomic mass is 10.0. The summed E-state index contributed by atoms with van der Waals surface area (Å²) in [6.07, 6.45) is 1.65. The Balaban J connectivity index is 1.90. The molecule has 0 aromatic heterocycles. The molecular formula is C19H27N3O6S. The molecule has 1 aromatic carbocycles. The van der Waals surface area contributed by atoms with Crippen LogP contribution in [0.2, 0.25) is 0 Å². The second-order valence-electron chi connectivity index (χ2n) is 7.25. The predicted octanol–water partition coefficient (Wildman–Crippen LogP) is 0.468. The van der Waals surface area contributed by atoms with Crippen molar-refractivity contribution in [3.05, 3.63) is 29.8 Å². The minimum atomic E-state index is -3.60. The van der Waals surface area contributed by atoms with E-state index in [1.807, 2.05) is 0 Å². The molecule has 2 rings (SSSR count). The van der Waals surface area contributed by atoms with Crippen molar-refractivity contribution >= 4 is 27.8 Å². The van der Waals surface area contributed by atoms with Gasteiger partial charge in [-0.15, -0.1) is 0 Å². The number of likely N-dealkylation sites (N-methyl/N-ethyl adjacent to an activating group) is 1. The third kappa shape index (κ3) is 6.26. The van der Waals surface area contributed by atoms with Crippen LogP contribution < -0.4 is 5.32 Å².